The molecule has 0 saturated heterocycles. The van der Waals surface area contributed by atoms with Gasteiger partial charge < -0.3 is 19.7 Å². The van der Waals surface area contributed by atoms with E-state index >= 15 is 0 Å². The molecule has 198 valence electrons. The molecule has 0 saturated carbocycles. The van der Waals surface area contributed by atoms with E-state index in [9.17, 15) is 18.0 Å². The summed E-state index contributed by atoms with van der Waals surface area (Å²) in [4.78, 5) is 27.6. The Kier molecular flexibility index (Phi) is 10.6. The van der Waals surface area contributed by atoms with Gasteiger partial charge in [-0.05, 0) is 69.2 Å². The minimum atomic E-state index is -3.57. The zero-order valence-electron chi connectivity index (χ0n) is 21.9. The van der Waals surface area contributed by atoms with Crippen LogP contribution in [0.1, 0.15) is 39.2 Å². The molecule has 0 aliphatic heterocycles. The van der Waals surface area contributed by atoms with E-state index in [1.54, 1.807) is 38.3 Å². The third-order valence-electron chi connectivity index (χ3n) is 5.60. The highest BCUT2D eigenvalue weighted by molar-refractivity contribution is 7.92. The number of nitrogens with one attached hydrogen (secondary N) is 1. The average molecular weight is 520 g/mol. The van der Waals surface area contributed by atoms with Crippen molar-refractivity contribution in [2.24, 2.45) is 0 Å². The molecule has 0 aliphatic carbocycles. The molecule has 9 nitrogen and oxygen atoms in total. The number of hydrogen-bond acceptors (Lipinski definition) is 6. The maximum absolute atomic E-state index is 13.3. The molecule has 2 aromatic rings. The van der Waals surface area contributed by atoms with Crippen LogP contribution in [0.4, 0.5) is 5.69 Å². The molecule has 1 atom stereocenters. The Morgan fingerprint density at radius 2 is 1.61 bits per heavy atom. The maximum atomic E-state index is 13.3. The smallest absolute Gasteiger partial charge is 0.242 e. The van der Waals surface area contributed by atoms with Gasteiger partial charge in [-0.15, -0.1) is 0 Å². The standard InChI is InChI=1S/C26H37N3O6S/c1-19(2)27-26(31)20(3)28(18-21-9-7-10-24(17-21)35-5)25(30)11-8-16-29(36(6,32)33)22-12-14-23(34-4)15-13-22/h7,9-10,12-15,17,19-20H,8,11,16,18H2,1-6H3,(H,27,31)/t20-/m1/s1. The number of anilines is 1. The van der Waals surface area contributed by atoms with Gasteiger partial charge in [-0.25, -0.2) is 8.42 Å². The molecule has 0 spiro atoms. The molecule has 2 aromatic carbocycles. The van der Waals surface area contributed by atoms with Gasteiger partial charge in [0.15, 0.2) is 0 Å². The van der Waals surface area contributed by atoms with Crippen LogP contribution in [0.15, 0.2) is 48.5 Å². The number of rotatable bonds is 13. The van der Waals surface area contributed by atoms with Gasteiger partial charge in [0.2, 0.25) is 21.8 Å². The van der Waals surface area contributed by atoms with Crippen molar-refractivity contribution >= 4 is 27.5 Å². The molecule has 2 amide bonds. The maximum Gasteiger partial charge on any atom is 0.242 e. The van der Waals surface area contributed by atoms with Gasteiger partial charge in [0.05, 0.1) is 26.2 Å². The van der Waals surface area contributed by atoms with Crippen molar-refractivity contribution in [2.75, 3.05) is 31.3 Å². The van der Waals surface area contributed by atoms with Gasteiger partial charge >= 0.3 is 0 Å². The summed E-state index contributed by atoms with van der Waals surface area (Å²) in [6.07, 6.45) is 1.49. The molecule has 0 heterocycles. The second kappa shape index (κ2) is 13.2. The molecule has 36 heavy (non-hydrogen) atoms. The number of methoxy groups -OCH3 is 2. The van der Waals surface area contributed by atoms with Crippen molar-refractivity contribution in [2.45, 2.75) is 52.2 Å². The summed E-state index contributed by atoms with van der Waals surface area (Å²) in [7, 11) is -0.463. The predicted octanol–water partition coefficient (Wildman–Crippen LogP) is 3.19. The van der Waals surface area contributed by atoms with E-state index in [4.69, 9.17) is 9.47 Å². The average Bonchev–Trinajstić information content (AvgIpc) is 2.83. The van der Waals surface area contributed by atoms with Crippen molar-refractivity contribution in [3.63, 3.8) is 0 Å². The first-order valence-corrected chi connectivity index (χ1v) is 13.7. The Hall–Kier alpha value is -3.27. The van der Waals surface area contributed by atoms with Gasteiger partial charge in [-0.2, -0.15) is 0 Å². The van der Waals surface area contributed by atoms with E-state index in [0.29, 0.717) is 17.2 Å². The summed E-state index contributed by atoms with van der Waals surface area (Å²) in [5.41, 5.74) is 1.31. The van der Waals surface area contributed by atoms with Crippen LogP contribution in [-0.2, 0) is 26.2 Å². The molecule has 2 rings (SSSR count). The van der Waals surface area contributed by atoms with Gasteiger partial charge in [0.1, 0.15) is 17.5 Å². The summed E-state index contributed by atoms with van der Waals surface area (Å²) in [5.74, 6) is 0.774. The van der Waals surface area contributed by atoms with Gasteiger partial charge in [0, 0.05) is 25.6 Å². The second-order valence-electron chi connectivity index (χ2n) is 8.85. The Morgan fingerprint density at radius 3 is 2.17 bits per heavy atom. The zero-order chi connectivity index (χ0) is 26.9. The van der Waals surface area contributed by atoms with Crippen LogP contribution in [0.2, 0.25) is 0 Å². The molecule has 0 aromatic heterocycles. The number of carbonyl (C=O) groups excluding carboxylic acids is 2. The van der Waals surface area contributed by atoms with Crippen molar-refractivity contribution in [1.29, 1.82) is 0 Å². The quantitative estimate of drug-likeness (QED) is 0.436. The number of nitrogens with zero attached hydrogens (tertiary/aromatic N) is 2. The lowest BCUT2D eigenvalue weighted by atomic mass is 10.1. The van der Waals surface area contributed by atoms with Crippen molar-refractivity contribution in [1.82, 2.24) is 10.2 Å². The highest BCUT2D eigenvalue weighted by Gasteiger charge is 2.27. The van der Waals surface area contributed by atoms with E-state index < -0.39 is 16.1 Å². The van der Waals surface area contributed by atoms with Crippen LogP contribution < -0.4 is 19.1 Å². The van der Waals surface area contributed by atoms with E-state index in [1.165, 1.54) is 16.3 Å². The second-order valence-corrected chi connectivity index (χ2v) is 10.8. The van der Waals surface area contributed by atoms with Crippen LogP contribution in [0.5, 0.6) is 11.5 Å². The zero-order valence-corrected chi connectivity index (χ0v) is 22.7. The summed E-state index contributed by atoms with van der Waals surface area (Å²) in [5, 5.41) is 2.86. The fourth-order valence-corrected chi connectivity index (χ4v) is 4.67. The van der Waals surface area contributed by atoms with Crippen molar-refractivity contribution < 1.29 is 27.5 Å². The summed E-state index contributed by atoms with van der Waals surface area (Å²) >= 11 is 0. The lowest BCUT2D eigenvalue weighted by Gasteiger charge is -2.30. The fraction of sp³-hybridized carbons (Fsp3) is 0.462. The molecule has 0 radical (unpaired) electrons. The number of sulfonamides is 1. The largest absolute Gasteiger partial charge is 0.497 e. The minimum absolute atomic E-state index is 0.0680. The van der Waals surface area contributed by atoms with Crippen LogP contribution >= 0.6 is 0 Å². The lowest BCUT2D eigenvalue weighted by molar-refractivity contribution is -0.140. The van der Waals surface area contributed by atoms with Gasteiger partial charge in [-0.1, -0.05) is 12.1 Å². The van der Waals surface area contributed by atoms with E-state index in [1.807, 2.05) is 38.1 Å². The number of amides is 2. The summed E-state index contributed by atoms with van der Waals surface area (Å²) in [6.45, 7) is 5.75. The molecule has 0 unspecified atom stereocenters. The first-order valence-electron chi connectivity index (χ1n) is 11.8. The molecular formula is C26H37N3O6S. The van der Waals surface area contributed by atoms with Crippen molar-refractivity contribution in [3.05, 3.63) is 54.1 Å². The predicted molar refractivity (Wildman–Crippen MR) is 141 cm³/mol. The van der Waals surface area contributed by atoms with E-state index in [0.717, 1.165) is 11.8 Å². The Morgan fingerprint density at radius 1 is 0.972 bits per heavy atom. The van der Waals surface area contributed by atoms with Crippen molar-refractivity contribution in [3.8, 4) is 11.5 Å². The highest BCUT2D eigenvalue weighted by atomic mass is 32.2. The SMILES string of the molecule is COc1ccc(N(CCCC(=O)N(Cc2cccc(OC)c2)[C@H](C)C(=O)NC(C)C)S(C)(=O)=O)cc1. The Labute approximate surface area is 214 Å². The third-order valence-corrected chi connectivity index (χ3v) is 6.79. The molecule has 0 bridgehead atoms. The monoisotopic (exact) mass is 519 g/mol. The number of hydrogen-bond donors (Lipinski definition) is 1. The van der Waals surface area contributed by atoms with Crippen LogP contribution in [-0.4, -0.2) is 64.2 Å². The highest BCUT2D eigenvalue weighted by Crippen LogP contribution is 2.22. The summed E-state index contributed by atoms with van der Waals surface area (Å²) in [6, 6.07) is 13.2. The first kappa shape index (κ1) is 29.0. The van der Waals surface area contributed by atoms with E-state index in [2.05, 4.69) is 5.32 Å². The number of carbonyl (C=O) groups is 2. The topological polar surface area (TPSA) is 105 Å². The Balaban J connectivity index is 2.18. The first-order chi connectivity index (χ1) is 17.0. The molecule has 10 heteroatoms. The Bertz CT molecular complexity index is 1120. The third kappa shape index (κ3) is 8.44. The van der Waals surface area contributed by atoms with Gasteiger partial charge in [-0.3, -0.25) is 13.9 Å². The summed E-state index contributed by atoms with van der Waals surface area (Å²) < 4.78 is 36.6. The lowest BCUT2D eigenvalue weighted by Crippen LogP contribution is -2.49. The normalized spacial score (nSPS) is 12.1. The van der Waals surface area contributed by atoms with Crippen LogP contribution in [0, 0.1) is 0 Å². The molecule has 1 N–H and O–H groups in total. The van der Waals surface area contributed by atoms with Crippen LogP contribution in [0.3, 0.4) is 0 Å². The van der Waals surface area contributed by atoms with Gasteiger partial charge in [0.25, 0.3) is 0 Å². The molecule has 0 aliphatic rings. The number of ether oxygens (including phenoxy) is 2. The molecular weight excluding hydrogens is 482 g/mol. The molecule has 0 fully saturated rings. The van der Waals surface area contributed by atoms with E-state index in [-0.39, 0.29) is 43.8 Å². The fourth-order valence-electron chi connectivity index (χ4n) is 3.71. The number of benzene rings is 2. The minimum Gasteiger partial charge on any atom is -0.497 e. The van der Waals surface area contributed by atoms with Crippen LogP contribution in [0.25, 0.3) is 0 Å².